The first-order valence-electron chi connectivity index (χ1n) is 8.90. The van der Waals surface area contributed by atoms with Crippen LogP contribution in [0.1, 0.15) is 45.1 Å². The fourth-order valence-electron chi connectivity index (χ4n) is 3.62. The Morgan fingerprint density at radius 2 is 1.72 bits per heavy atom. The van der Waals surface area contributed by atoms with Crippen LogP contribution < -0.4 is 30.0 Å². The number of halogens is 2. The van der Waals surface area contributed by atoms with Gasteiger partial charge in [0.1, 0.15) is 0 Å². The predicted octanol–water partition coefficient (Wildman–Crippen LogP) is -1.42. The number of hydrogen-bond donors (Lipinski definition) is 0. The van der Waals surface area contributed by atoms with Gasteiger partial charge in [0, 0.05) is 0 Å². The molecule has 0 heterocycles. The molecule has 0 aliphatic heterocycles. The van der Waals surface area contributed by atoms with Gasteiger partial charge in [0.05, 0.1) is 0 Å². The van der Waals surface area contributed by atoms with Gasteiger partial charge in [-0.25, -0.2) is 0 Å². The van der Waals surface area contributed by atoms with Crippen LogP contribution in [0.5, 0.6) is 0 Å². The largest absolute Gasteiger partial charge is 1.00 e. The van der Waals surface area contributed by atoms with Crippen molar-refractivity contribution in [2.24, 2.45) is 0 Å². The number of allylic oxidation sites excluding steroid dienone is 8. The molecule has 0 amide bonds. The van der Waals surface area contributed by atoms with E-state index in [-0.39, 0.29) is 31.5 Å². The van der Waals surface area contributed by atoms with E-state index in [0.29, 0.717) is 0 Å². The molecule has 1 aromatic rings. The molecule has 25 heavy (non-hydrogen) atoms. The maximum atomic E-state index is 2.63. The van der Waals surface area contributed by atoms with E-state index < -0.39 is 20.9 Å². The van der Waals surface area contributed by atoms with Crippen LogP contribution in [-0.4, -0.2) is 6.65 Å². The molecule has 0 unspecified atom stereocenters. The van der Waals surface area contributed by atoms with Gasteiger partial charge >= 0.3 is 151 Å². The van der Waals surface area contributed by atoms with Crippen molar-refractivity contribution in [2.45, 2.75) is 46.5 Å². The summed E-state index contributed by atoms with van der Waals surface area (Å²) in [7, 11) is 0. The summed E-state index contributed by atoms with van der Waals surface area (Å²) in [5.41, 5.74) is 4.77. The van der Waals surface area contributed by atoms with Crippen LogP contribution in [0.25, 0.3) is 0 Å². The summed E-state index contributed by atoms with van der Waals surface area (Å²) in [4.78, 5) is 0. The van der Waals surface area contributed by atoms with Crippen molar-refractivity contribution in [3.05, 3.63) is 71.8 Å². The molecule has 0 spiro atoms. The smallest absolute Gasteiger partial charge is 1.00 e. The fourth-order valence-corrected chi connectivity index (χ4v) is 20.5. The molecule has 0 bridgehead atoms. The quantitative estimate of drug-likeness (QED) is 0.449. The Balaban J connectivity index is 0.00000156. The van der Waals surface area contributed by atoms with E-state index in [0.717, 1.165) is 0 Å². The van der Waals surface area contributed by atoms with Crippen molar-refractivity contribution in [1.29, 1.82) is 0 Å². The number of rotatable bonds is 6. The molecule has 3 rings (SSSR count). The second kappa shape index (κ2) is 10.9. The summed E-state index contributed by atoms with van der Waals surface area (Å²) in [5, 5.41) is 1.68. The predicted molar refractivity (Wildman–Crippen MR) is 102 cm³/mol. The van der Waals surface area contributed by atoms with Crippen LogP contribution in [0.2, 0.25) is 0 Å². The van der Waals surface area contributed by atoms with Gasteiger partial charge in [-0.05, 0) is 0 Å². The van der Waals surface area contributed by atoms with Gasteiger partial charge in [0.2, 0.25) is 0 Å². The summed E-state index contributed by atoms with van der Waals surface area (Å²) in [5.74, 6) is 0. The standard InChI is InChI=1S/C9H13.C7H9Si.C5H5.2ClH.Zr/c1-3-8-6-5-7-9(8)4-2;1-6-2-4-7(8)5-3-6;1-2-4-5-3-1;;;/h6H,3-4,7H2,1-2H3;2-5H,8H2,1H3;1-3H,4H2;2*1H;/q;;;;;+2/p-2. The molecule has 0 aromatic heterocycles. The van der Waals surface area contributed by atoms with Gasteiger partial charge in [0.25, 0.3) is 0 Å². The van der Waals surface area contributed by atoms with Crippen molar-refractivity contribution in [3.63, 3.8) is 0 Å². The molecule has 0 atom stereocenters. The third-order valence-electron chi connectivity index (χ3n) is 5.06. The Kier molecular flexibility index (Phi) is 9.96. The monoisotopic (exact) mass is 467 g/mol. The topological polar surface area (TPSA) is 0 Å². The first-order valence-corrected chi connectivity index (χ1v) is 18.0. The summed E-state index contributed by atoms with van der Waals surface area (Å²) in [6.45, 7) is 6.71. The van der Waals surface area contributed by atoms with E-state index in [1.807, 2.05) is 6.56 Å². The first kappa shape index (κ1) is 22.9. The summed E-state index contributed by atoms with van der Waals surface area (Å²) in [6.07, 6.45) is 14.8. The minimum atomic E-state index is -1.61. The molecule has 0 saturated carbocycles. The number of benzene rings is 1. The minimum absolute atomic E-state index is 0. The Bertz CT molecular complexity index is 699. The maximum absolute atomic E-state index is 2.63. The van der Waals surface area contributed by atoms with E-state index in [2.05, 4.69) is 69.3 Å². The van der Waals surface area contributed by atoms with Gasteiger partial charge in [-0.2, -0.15) is 0 Å². The summed E-state index contributed by atoms with van der Waals surface area (Å²) >= 11 is -1.61. The molecule has 0 N–H and O–H groups in total. The van der Waals surface area contributed by atoms with Crippen LogP contribution in [0, 0.1) is 6.92 Å². The van der Waals surface area contributed by atoms with Gasteiger partial charge in [-0.1, -0.05) is 0 Å². The molecule has 0 fully saturated rings. The Labute approximate surface area is 174 Å². The second-order valence-corrected chi connectivity index (χ2v) is 20.1. The Morgan fingerprint density at radius 1 is 1.00 bits per heavy atom. The van der Waals surface area contributed by atoms with Crippen LogP contribution in [-0.2, 0) is 20.9 Å². The average Bonchev–Trinajstić information content (AvgIpc) is 3.23. The van der Waals surface area contributed by atoms with Gasteiger partial charge in [0.15, 0.2) is 0 Å². The molecule has 0 nitrogen and oxygen atoms in total. The van der Waals surface area contributed by atoms with Crippen molar-refractivity contribution >= 4 is 11.8 Å². The van der Waals surface area contributed by atoms with E-state index in [1.165, 1.54) is 31.2 Å². The molecule has 2 aliphatic carbocycles. The number of hydrogen-bond acceptors (Lipinski definition) is 0. The van der Waals surface area contributed by atoms with Crippen LogP contribution in [0.3, 0.4) is 0 Å². The van der Waals surface area contributed by atoms with E-state index in [4.69, 9.17) is 0 Å². The van der Waals surface area contributed by atoms with Crippen molar-refractivity contribution in [2.75, 3.05) is 0 Å². The molecule has 0 saturated heterocycles. The molecule has 4 heteroatoms. The summed E-state index contributed by atoms with van der Waals surface area (Å²) < 4.78 is 3.74. The van der Waals surface area contributed by atoms with Crippen molar-refractivity contribution < 1.29 is 45.7 Å². The molecular weight excluding hydrogens is 442 g/mol. The number of aryl methyl sites for hydroxylation is 1. The van der Waals surface area contributed by atoms with Gasteiger partial charge in [-0.3, -0.25) is 0 Å². The SMILES string of the molecule is CCC1=C(CC)C[C]([Zr+2]([SiH2]c2ccc(C)cc2)[C]2=CC=CC2)=C1.[Cl-].[Cl-]. The third kappa shape index (κ3) is 5.67. The van der Waals surface area contributed by atoms with Crippen LogP contribution in [0.4, 0.5) is 0 Å². The zero-order chi connectivity index (χ0) is 16.2. The van der Waals surface area contributed by atoms with Crippen molar-refractivity contribution in [1.82, 2.24) is 0 Å². The van der Waals surface area contributed by atoms with Gasteiger partial charge in [-0.15, -0.1) is 0 Å². The minimum Gasteiger partial charge on any atom is -1.00 e. The first-order chi connectivity index (χ1) is 11.2. The molecule has 133 valence electrons. The molecule has 1 aromatic carbocycles. The van der Waals surface area contributed by atoms with Crippen LogP contribution in [0.15, 0.2) is 66.3 Å². The van der Waals surface area contributed by atoms with E-state index in [9.17, 15) is 0 Å². The Hall–Kier alpha value is -0.140. The molecule has 0 radical (unpaired) electrons. The Morgan fingerprint density at radius 3 is 2.24 bits per heavy atom. The molecular formula is C21H27Cl2SiZr. The molecule has 2 aliphatic rings. The van der Waals surface area contributed by atoms with Gasteiger partial charge < -0.3 is 24.8 Å². The second-order valence-electron chi connectivity index (χ2n) is 6.65. The van der Waals surface area contributed by atoms with Crippen molar-refractivity contribution in [3.8, 4) is 0 Å². The fraction of sp³-hybridized carbons (Fsp3) is 0.333. The maximum Gasteiger partial charge on any atom is -1.00 e. The summed E-state index contributed by atoms with van der Waals surface area (Å²) in [6, 6.07) is 9.44. The van der Waals surface area contributed by atoms with Crippen LogP contribution >= 0.6 is 0 Å². The third-order valence-corrected chi connectivity index (χ3v) is 22.8. The van der Waals surface area contributed by atoms with E-state index in [1.54, 1.807) is 16.3 Å². The zero-order valence-electron chi connectivity index (χ0n) is 15.4. The normalized spacial score (nSPS) is 16.0. The van der Waals surface area contributed by atoms with E-state index >= 15 is 0 Å². The zero-order valence-corrected chi connectivity index (χ0v) is 20.8. The average molecular weight is 470 g/mol.